The van der Waals surface area contributed by atoms with Gasteiger partial charge in [0.15, 0.2) is 11.5 Å². The van der Waals surface area contributed by atoms with Crippen LogP contribution in [-0.2, 0) is 14.3 Å². The van der Waals surface area contributed by atoms with Gasteiger partial charge in [0.2, 0.25) is 5.75 Å². The first-order chi connectivity index (χ1) is 16.6. The van der Waals surface area contributed by atoms with Crippen LogP contribution >= 0.6 is 15.9 Å². The molecule has 0 radical (unpaired) electrons. The van der Waals surface area contributed by atoms with Gasteiger partial charge in [-0.3, -0.25) is 9.59 Å². The summed E-state index contributed by atoms with van der Waals surface area (Å²) >= 11 is 3.45. The molecular formula is C26H30BrNO7. The Morgan fingerprint density at radius 2 is 1.69 bits per heavy atom. The number of hydrogen-bond donors (Lipinski definition) is 1. The number of Topliss-reactive ketones (excluding diaryl/α,β-unsaturated/α-hetero) is 1. The summed E-state index contributed by atoms with van der Waals surface area (Å²) in [5.74, 6) is -0.638. The van der Waals surface area contributed by atoms with Crippen molar-refractivity contribution >= 4 is 33.4 Å². The summed E-state index contributed by atoms with van der Waals surface area (Å²) in [5, 5.41) is 11.3. The third-order valence-electron chi connectivity index (χ3n) is 5.76. The van der Waals surface area contributed by atoms with Gasteiger partial charge < -0.3 is 29.0 Å². The van der Waals surface area contributed by atoms with E-state index in [1.54, 1.807) is 30.3 Å². The molecule has 0 spiro atoms. The monoisotopic (exact) mass is 547 g/mol. The van der Waals surface area contributed by atoms with E-state index < -0.39 is 17.7 Å². The summed E-state index contributed by atoms with van der Waals surface area (Å²) in [6.07, 6.45) is -0.0443. The number of hydrogen-bond acceptors (Lipinski definition) is 7. The topological polar surface area (TPSA) is 94.5 Å². The van der Waals surface area contributed by atoms with E-state index >= 15 is 0 Å². The van der Waals surface area contributed by atoms with Crippen molar-refractivity contribution in [1.82, 2.24) is 4.90 Å². The van der Waals surface area contributed by atoms with Gasteiger partial charge in [0.05, 0.1) is 45.7 Å². The second-order valence-corrected chi connectivity index (χ2v) is 9.19. The maximum atomic E-state index is 13.2. The van der Waals surface area contributed by atoms with Crippen LogP contribution in [0.25, 0.3) is 5.76 Å². The number of amides is 1. The number of carbonyl (C=O) groups is 2. The minimum atomic E-state index is -0.886. The van der Waals surface area contributed by atoms with E-state index in [1.165, 1.54) is 26.2 Å². The molecule has 2 aromatic rings. The van der Waals surface area contributed by atoms with E-state index in [2.05, 4.69) is 15.9 Å². The van der Waals surface area contributed by atoms with Gasteiger partial charge in [0.1, 0.15) is 5.76 Å². The lowest BCUT2D eigenvalue weighted by molar-refractivity contribution is -0.140. The standard InChI is InChI=1S/C26H30BrNO7/c1-14(2)35-10-9-28-22(17-12-19(32-4)25(34-6)20(13-17)33-5)21(24(30)26(28)31)23(29)16-7-8-18(27)15(3)11-16/h7-8,11-14,22,29H,9-10H2,1-6H3/b23-21+. The van der Waals surface area contributed by atoms with Crippen LogP contribution in [0.3, 0.4) is 0 Å². The Morgan fingerprint density at radius 1 is 1.06 bits per heavy atom. The Bertz CT molecular complexity index is 1130. The van der Waals surface area contributed by atoms with Gasteiger partial charge in [-0.1, -0.05) is 22.0 Å². The number of carbonyl (C=O) groups excluding carboxylic acids is 2. The molecule has 1 saturated heterocycles. The highest BCUT2D eigenvalue weighted by atomic mass is 79.9. The normalized spacial score (nSPS) is 17.3. The fourth-order valence-corrected chi connectivity index (χ4v) is 4.30. The number of rotatable bonds is 9. The fraction of sp³-hybridized carbons (Fsp3) is 0.385. The minimum absolute atomic E-state index is 0.0180. The van der Waals surface area contributed by atoms with E-state index in [9.17, 15) is 14.7 Å². The molecule has 0 aliphatic carbocycles. The summed E-state index contributed by atoms with van der Waals surface area (Å²) in [6, 6.07) is 7.69. The third kappa shape index (κ3) is 5.31. The van der Waals surface area contributed by atoms with Crippen molar-refractivity contribution in [2.45, 2.75) is 32.9 Å². The second-order valence-electron chi connectivity index (χ2n) is 8.33. The summed E-state index contributed by atoms with van der Waals surface area (Å²) < 4.78 is 22.9. The SMILES string of the molecule is COc1cc(C2/C(=C(\O)c3ccc(Br)c(C)c3)C(=O)C(=O)N2CCOC(C)C)cc(OC)c1OC. The van der Waals surface area contributed by atoms with Crippen LogP contribution in [0.2, 0.25) is 0 Å². The number of likely N-dealkylation sites (tertiary alicyclic amines) is 1. The van der Waals surface area contributed by atoms with Gasteiger partial charge in [0.25, 0.3) is 11.7 Å². The van der Waals surface area contributed by atoms with Crippen LogP contribution in [0, 0.1) is 6.92 Å². The summed E-state index contributed by atoms with van der Waals surface area (Å²) in [6.45, 7) is 6.03. The van der Waals surface area contributed by atoms with E-state index in [1.807, 2.05) is 20.8 Å². The molecule has 1 N–H and O–H groups in total. The molecule has 1 amide bonds. The molecule has 0 bridgehead atoms. The number of nitrogens with zero attached hydrogens (tertiary/aromatic N) is 1. The zero-order chi connectivity index (χ0) is 25.9. The van der Waals surface area contributed by atoms with E-state index in [0.717, 1.165) is 10.0 Å². The van der Waals surface area contributed by atoms with E-state index in [4.69, 9.17) is 18.9 Å². The number of aliphatic hydroxyl groups excluding tert-OH is 1. The number of ether oxygens (including phenoxy) is 4. The van der Waals surface area contributed by atoms with Crippen molar-refractivity contribution in [3.8, 4) is 17.2 Å². The molecular weight excluding hydrogens is 518 g/mol. The largest absolute Gasteiger partial charge is 0.507 e. The molecule has 2 aromatic carbocycles. The molecule has 1 aliphatic rings. The van der Waals surface area contributed by atoms with Crippen LogP contribution in [0.5, 0.6) is 17.2 Å². The predicted molar refractivity (Wildman–Crippen MR) is 135 cm³/mol. The Kier molecular flexibility index (Phi) is 8.45. The van der Waals surface area contributed by atoms with Crippen molar-refractivity contribution in [3.05, 3.63) is 57.1 Å². The van der Waals surface area contributed by atoms with Gasteiger partial charge in [-0.05, 0) is 56.2 Å². The summed E-state index contributed by atoms with van der Waals surface area (Å²) in [5.41, 5.74) is 1.81. The maximum Gasteiger partial charge on any atom is 0.295 e. The molecule has 1 aliphatic heterocycles. The zero-order valence-corrected chi connectivity index (χ0v) is 22.3. The molecule has 8 nitrogen and oxygen atoms in total. The fourth-order valence-electron chi connectivity index (χ4n) is 4.05. The van der Waals surface area contributed by atoms with Gasteiger partial charge in [0, 0.05) is 16.6 Å². The number of methoxy groups -OCH3 is 3. The van der Waals surface area contributed by atoms with Gasteiger partial charge in [-0.15, -0.1) is 0 Å². The lowest BCUT2D eigenvalue weighted by atomic mass is 9.94. The Hall–Kier alpha value is -3.04. The maximum absolute atomic E-state index is 13.2. The van der Waals surface area contributed by atoms with Crippen LogP contribution in [0.1, 0.15) is 36.6 Å². The van der Waals surface area contributed by atoms with Crippen LogP contribution < -0.4 is 14.2 Å². The Labute approximate surface area is 213 Å². The van der Waals surface area contributed by atoms with Crippen molar-refractivity contribution < 1.29 is 33.6 Å². The first-order valence-corrected chi connectivity index (χ1v) is 11.9. The molecule has 9 heteroatoms. The average molecular weight is 548 g/mol. The van der Waals surface area contributed by atoms with E-state index in [0.29, 0.717) is 28.4 Å². The number of aryl methyl sites for hydroxylation is 1. The lowest BCUT2D eigenvalue weighted by Gasteiger charge is -2.27. The van der Waals surface area contributed by atoms with Crippen LogP contribution in [0.4, 0.5) is 0 Å². The average Bonchev–Trinajstić information content (AvgIpc) is 3.09. The molecule has 0 aromatic heterocycles. The van der Waals surface area contributed by atoms with Crippen molar-refractivity contribution in [1.29, 1.82) is 0 Å². The highest BCUT2D eigenvalue weighted by molar-refractivity contribution is 9.10. The van der Waals surface area contributed by atoms with Gasteiger partial charge in [-0.2, -0.15) is 0 Å². The highest BCUT2D eigenvalue weighted by Crippen LogP contribution is 2.45. The van der Waals surface area contributed by atoms with Crippen molar-refractivity contribution in [2.24, 2.45) is 0 Å². The molecule has 0 saturated carbocycles. The number of ketones is 1. The smallest absolute Gasteiger partial charge is 0.295 e. The Balaban J connectivity index is 2.23. The lowest BCUT2D eigenvalue weighted by Crippen LogP contribution is -2.33. The molecule has 1 unspecified atom stereocenters. The zero-order valence-electron chi connectivity index (χ0n) is 20.7. The molecule has 1 atom stereocenters. The van der Waals surface area contributed by atoms with Gasteiger partial charge >= 0.3 is 0 Å². The first kappa shape index (κ1) is 26.6. The quantitative estimate of drug-likeness (QED) is 0.278. The molecule has 1 heterocycles. The van der Waals surface area contributed by atoms with Crippen LogP contribution in [0.15, 0.2) is 40.4 Å². The number of aliphatic hydroxyl groups is 1. The molecule has 35 heavy (non-hydrogen) atoms. The third-order valence-corrected chi connectivity index (χ3v) is 6.65. The second kappa shape index (κ2) is 11.1. The number of halogens is 1. The molecule has 1 fully saturated rings. The predicted octanol–water partition coefficient (Wildman–Crippen LogP) is 4.63. The first-order valence-electron chi connectivity index (χ1n) is 11.1. The van der Waals surface area contributed by atoms with Crippen LogP contribution in [-0.4, -0.2) is 62.3 Å². The minimum Gasteiger partial charge on any atom is -0.507 e. The molecule has 188 valence electrons. The van der Waals surface area contributed by atoms with Gasteiger partial charge in [-0.25, -0.2) is 0 Å². The number of benzene rings is 2. The van der Waals surface area contributed by atoms with Crippen molar-refractivity contribution in [2.75, 3.05) is 34.5 Å². The van der Waals surface area contributed by atoms with Crippen molar-refractivity contribution in [3.63, 3.8) is 0 Å². The summed E-state index contributed by atoms with van der Waals surface area (Å²) in [7, 11) is 4.46. The Morgan fingerprint density at radius 3 is 2.20 bits per heavy atom. The summed E-state index contributed by atoms with van der Waals surface area (Å²) in [4.78, 5) is 27.8. The highest BCUT2D eigenvalue weighted by Gasteiger charge is 2.46. The molecule has 3 rings (SSSR count). The van der Waals surface area contributed by atoms with E-state index in [-0.39, 0.29) is 30.6 Å².